The molecule has 1 aliphatic rings. The van der Waals surface area contributed by atoms with Crippen LogP contribution in [0.4, 0.5) is 0 Å². The summed E-state index contributed by atoms with van der Waals surface area (Å²) in [5.41, 5.74) is 4.82. The molecule has 0 bridgehead atoms. The Hall–Kier alpha value is -1.16. The lowest BCUT2D eigenvalue weighted by Gasteiger charge is -2.25. The molecule has 138 valence electrons. The molecular formula is C15H30BN3O5. The number of amides is 1. The van der Waals surface area contributed by atoms with Gasteiger partial charge in [0.2, 0.25) is 5.91 Å². The number of aliphatic carboxylic acids is 1. The molecule has 0 aromatic heterocycles. The van der Waals surface area contributed by atoms with E-state index < -0.39 is 24.7 Å². The maximum absolute atomic E-state index is 12.1. The number of carboxylic acids is 1. The number of rotatable bonds is 10. The average Bonchev–Trinajstić information content (AvgIpc) is 2.94. The van der Waals surface area contributed by atoms with Gasteiger partial charge in [0, 0.05) is 12.6 Å². The van der Waals surface area contributed by atoms with Crippen molar-refractivity contribution in [2.45, 2.75) is 69.9 Å². The van der Waals surface area contributed by atoms with Crippen molar-refractivity contribution < 1.29 is 24.7 Å². The zero-order valence-electron chi connectivity index (χ0n) is 14.5. The van der Waals surface area contributed by atoms with Crippen LogP contribution in [0, 0.1) is 5.92 Å². The van der Waals surface area contributed by atoms with Gasteiger partial charge in [-0.15, -0.1) is 0 Å². The van der Waals surface area contributed by atoms with Crippen LogP contribution in [-0.2, 0) is 9.59 Å². The second kappa shape index (κ2) is 9.36. The molecule has 1 fully saturated rings. The van der Waals surface area contributed by atoms with Crippen molar-refractivity contribution >= 4 is 19.0 Å². The van der Waals surface area contributed by atoms with Gasteiger partial charge in [-0.3, -0.25) is 14.9 Å². The maximum atomic E-state index is 12.1. The molecule has 1 amide bonds. The highest BCUT2D eigenvalue weighted by Crippen LogP contribution is 2.27. The van der Waals surface area contributed by atoms with E-state index in [1.165, 1.54) is 0 Å². The average molecular weight is 343 g/mol. The number of hydrogen-bond donors (Lipinski definition) is 6. The van der Waals surface area contributed by atoms with Gasteiger partial charge in [0.1, 0.15) is 5.54 Å². The molecule has 2 unspecified atom stereocenters. The molecule has 0 saturated carbocycles. The Morgan fingerprint density at radius 1 is 1.42 bits per heavy atom. The van der Waals surface area contributed by atoms with Gasteiger partial charge in [0.15, 0.2) is 0 Å². The van der Waals surface area contributed by atoms with E-state index in [1.807, 2.05) is 13.8 Å². The molecule has 24 heavy (non-hydrogen) atoms. The smallest absolute Gasteiger partial charge is 0.451 e. The van der Waals surface area contributed by atoms with Crippen molar-refractivity contribution in [3.8, 4) is 0 Å². The van der Waals surface area contributed by atoms with E-state index in [4.69, 9.17) is 15.8 Å². The maximum Gasteiger partial charge on any atom is 0.451 e. The SMILES string of the molecule is CCC(C)C(N)C(=O)N[C@H]1CN[C@@](CCCCB(O)O)(C(=O)O)C1. The minimum Gasteiger partial charge on any atom is -0.480 e. The number of unbranched alkanes of at least 4 members (excludes halogenated alkanes) is 1. The van der Waals surface area contributed by atoms with Gasteiger partial charge < -0.3 is 26.2 Å². The molecule has 4 atom stereocenters. The number of carbonyl (C=O) groups excluding carboxylic acids is 1. The molecule has 7 N–H and O–H groups in total. The molecule has 1 aliphatic heterocycles. The molecule has 0 radical (unpaired) electrons. The van der Waals surface area contributed by atoms with Crippen LogP contribution in [0.2, 0.25) is 6.32 Å². The highest BCUT2D eigenvalue weighted by Gasteiger charge is 2.45. The Morgan fingerprint density at radius 2 is 2.08 bits per heavy atom. The van der Waals surface area contributed by atoms with E-state index in [9.17, 15) is 14.7 Å². The Labute approximate surface area is 143 Å². The summed E-state index contributed by atoms with van der Waals surface area (Å²) in [7, 11) is -1.36. The van der Waals surface area contributed by atoms with Crippen LogP contribution < -0.4 is 16.4 Å². The van der Waals surface area contributed by atoms with Crippen LogP contribution in [-0.4, -0.2) is 58.3 Å². The Morgan fingerprint density at radius 3 is 2.62 bits per heavy atom. The molecule has 1 saturated heterocycles. The van der Waals surface area contributed by atoms with Crippen LogP contribution in [0.25, 0.3) is 0 Å². The summed E-state index contributed by atoms with van der Waals surface area (Å²) in [5.74, 6) is -1.13. The lowest BCUT2D eigenvalue weighted by Crippen LogP contribution is -2.49. The van der Waals surface area contributed by atoms with Crippen molar-refractivity contribution in [1.29, 1.82) is 0 Å². The second-order valence-corrected chi connectivity index (χ2v) is 6.82. The summed E-state index contributed by atoms with van der Waals surface area (Å²) < 4.78 is 0. The first-order valence-electron chi connectivity index (χ1n) is 8.62. The van der Waals surface area contributed by atoms with Crippen molar-refractivity contribution in [1.82, 2.24) is 10.6 Å². The van der Waals surface area contributed by atoms with E-state index in [1.54, 1.807) is 0 Å². The second-order valence-electron chi connectivity index (χ2n) is 6.82. The molecular weight excluding hydrogens is 313 g/mol. The van der Waals surface area contributed by atoms with Gasteiger partial charge in [-0.1, -0.05) is 33.1 Å². The number of hydrogen-bond acceptors (Lipinski definition) is 6. The van der Waals surface area contributed by atoms with Crippen LogP contribution in [0.5, 0.6) is 0 Å². The fourth-order valence-electron chi connectivity index (χ4n) is 3.01. The molecule has 1 rings (SSSR count). The molecule has 0 aromatic rings. The van der Waals surface area contributed by atoms with Crippen LogP contribution in [0.3, 0.4) is 0 Å². The lowest BCUT2D eigenvalue weighted by atomic mass is 9.81. The van der Waals surface area contributed by atoms with E-state index >= 15 is 0 Å². The van der Waals surface area contributed by atoms with Gasteiger partial charge in [-0.25, -0.2) is 0 Å². The highest BCUT2D eigenvalue weighted by atomic mass is 16.4. The predicted molar refractivity (Wildman–Crippen MR) is 91.2 cm³/mol. The van der Waals surface area contributed by atoms with Crippen molar-refractivity contribution in [2.24, 2.45) is 11.7 Å². The summed E-state index contributed by atoms with van der Waals surface area (Å²) in [4.78, 5) is 23.8. The Balaban J connectivity index is 2.55. The minimum absolute atomic E-state index is 0.0634. The summed E-state index contributed by atoms with van der Waals surface area (Å²) >= 11 is 0. The van der Waals surface area contributed by atoms with Crippen molar-refractivity contribution in [3.63, 3.8) is 0 Å². The van der Waals surface area contributed by atoms with Gasteiger partial charge in [0.05, 0.1) is 6.04 Å². The van der Waals surface area contributed by atoms with Crippen molar-refractivity contribution in [2.75, 3.05) is 6.54 Å². The van der Waals surface area contributed by atoms with Crippen LogP contribution in [0.15, 0.2) is 0 Å². The van der Waals surface area contributed by atoms with E-state index in [0.717, 1.165) is 6.42 Å². The normalized spacial score (nSPS) is 26.0. The molecule has 0 aromatic carbocycles. The van der Waals surface area contributed by atoms with Gasteiger partial charge in [-0.05, 0) is 25.1 Å². The number of carboxylic acid groups (broad SMARTS) is 1. The van der Waals surface area contributed by atoms with E-state index in [0.29, 0.717) is 32.2 Å². The first-order valence-corrected chi connectivity index (χ1v) is 8.62. The fraction of sp³-hybridized carbons (Fsp3) is 0.867. The minimum atomic E-state index is -1.36. The van der Waals surface area contributed by atoms with Crippen molar-refractivity contribution in [3.05, 3.63) is 0 Å². The summed E-state index contributed by atoms with van der Waals surface area (Å²) in [5, 5.41) is 33.1. The molecule has 0 aliphatic carbocycles. The van der Waals surface area contributed by atoms with E-state index in [-0.39, 0.29) is 24.2 Å². The molecule has 1 heterocycles. The largest absolute Gasteiger partial charge is 0.480 e. The van der Waals surface area contributed by atoms with Gasteiger partial charge >= 0.3 is 13.1 Å². The van der Waals surface area contributed by atoms with E-state index in [2.05, 4.69) is 10.6 Å². The fourth-order valence-corrected chi connectivity index (χ4v) is 3.01. The third-order valence-electron chi connectivity index (χ3n) is 4.91. The number of nitrogens with one attached hydrogen (secondary N) is 2. The standard InChI is InChI=1S/C15H30BN3O5/c1-3-10(2)12(17)13(20)19-11-8-15(14(21)22,18-9-11)6-4-5-7-16(23)24/h10-12,18,23-24H,3-9,17H2,1-2H3,(H,19,20)(H,21,22)/t10?,11-,12?,15-/m1/s1. The summed E-state index contributed by atoms with van der Waals surface area (Å²) in [6.07, 6.45) is 2.78. The quantitative estimate of drug-likeness (QED) is 0.227. The summed E-state index contributed by atoms with van der Waals surface area (Å²) in [6.45, 7) is 4.26. The van der Waals surface area contributed by atoms with Gasteiger partial charge in [0.25, 0.3) is 0 Å². The number of nitrogens with two attached hydrogens (primary N) is 1. The van der Waals surface area contributed by atoms with Crippen LogP contribution >= 0.6 is 0 Å². The first kappa shape index (κ1) is 20.9. The molecule has 9 heteroatoms. The Kier molecular flexibility index (Phi) is 8.15. The monoisotopic (exact) mass is 343 g/mol. The zero-order valence-corrected chi connectivity index (χ0v) is 14.5. The Bertz CT molecular complexity index is 437. The lowest BCUT2D eigenvalue weighted by molar-refractivity contribution is -0.144. The zero-order chi connectivity index (χ0) is 18.3. The van der Waals surface area contributed by atoms with Crippen LogP contribution in [0.1, 0.15) is 46.0 Å². The topological polar surface area (TPSA) is 145 Å². The summed E-state index contributed by atoms with van der Waals surface area (Å²) in [6, 6.07) is -0.868. The predicted octanol–water partition coefficient (Wildman–Crippen LogP) is -0.696. The third-order valence-corrected chi connectivity index (χ3v) is 4.91. The first-order chi connectivity index (χ1) is 11.2. The number of carbonyl (C=O) groups is 2. The van der Waals surface area contributed by atoms with Gasteiger partial charge in [-0.2, -0.15) is 0 Å². The molecule has 8 nitrogen and oxygen atoms in total. The highest BCUT2D eigenvalue weighted by molar-refractivity contribution is 6.40. The third kappa shape index (κ3) is 5.73. The molecule has 0 spiro atoms.